The first-order chi connectivity index (χ1) is 5.25. The van der Waals surface area contributed by atoms with E-state index in [0.29, 0.717) is 11.9 Å². The van der Waals surface area contributed by atoms with Gasteiger partial charge in [0.05, 0.1) is 0 Å². The summed E-state index contributed by atoms with van der Waals surface area (Å²) in [5, 5.41) is 9.82. The van der Waals surface area contributed by atoms with Crippen molar-refractivity contribution in [1.29, 1.82) is 0 Å². The number of hydrogen-bond donors (Lipinski definition) is 1. The van der Waals surface area contributed by atoms with Crippen LogP contribution in [0, 0.1) is 5.92 Å². The van der Waals surface area contributed by atoms with Crippen LogP contribution >= 0.6 is 15.9 Å². The van der Waals surface area contributed by atoms with Crippen molar-refractivity contribution in [3.63, 3.8) is 0 Å². The molecule has 1 aliphatic rings. The van der Waals surface area contributed by atoms with Crippen LogP contribution in [0.2, 0.25) is 0 Å². The lowest BCUT2D eigenvalue weighted by Crippen LogP contribution is -2.25. The minimum absolute atomic E-state index is 0.165. The number of carbonyl (C=O) groups excluding carboxylic acids is 1. The molecule has 0 heterocycles. The molecule has 1 N–H and O–H groups in total. The van der Waals surface area contributed by atoms with E-state index in [1.165, 1.54) is 0 Å². The maximum Gasteiger partial charge on any atom is 0.335 e. The van der Waals surface area contributed by atoms with Gasteiger partial charge in [-0.25, -0.2) is 4.79 Å². The summed E-state index contributed by atoms with van der Waals surface area (Å²) in [6, 6.07) is 0. The van der Waals surface area contributed by atoms with E-state index < -0.39 is 12.1 Å². The van der Waals surface area contributed by atoms with Gasteiger partial charge in [-0.2, -0.15) is 0 Å². The number of aliphatic hydroxyl groups is 1. The summed E-state index contributed by atoms with van der Waals surface area (Å²) >= 11 is 3.12. The van der Waals surface area contributed by atoms with Crippen molar-refractivity contribution >= 4 is 21.9 Å². The first-order valence-corrected chi connectivity index (χ1v) is 4.78. The van der Waals surface area contributed by atoms with Crippen LogP contribution in [0.4, 0.5) is 0 Å². The smallest absolute Gasteiger partial charge is 0.335 e. The van der Waals surface area contributed by atoms with Crippen LogP contribution in [0.3, 0.4) is 0 Å². The van der Waals surface area contributed by atoms with Crippen molar-refractivity contribution in [2.75, 3.05) is 11.9 Å². The van der Waals surface area contributed by atoms with Crippen molar-refractivity contribution in [3.8, 4) is 0 Å². The van der Waals surface area contributed by atoms with Gasteiger partial charge in [0.2, 0.25) is 0 Å². The summed E-state index contributed by atoms with van der Waals surface area (Å²) in [4.78, 5) is 10.9. The molecular formula is C7H11BrO3. The zero-order valence-corrected chi connectivity index (χ0v) is 7.71. The second-order valence-corrected chi connectivity index (χ2v) is 3.43. The summed E-state index contributed by atoms with van der Waals surface area (Å²) in [6.45, 7) is 0.336. The Kier molecular flexibility index (Phi) is 3.33. The zero-order chi connectivity index (χ0) is 8.27. The van der Waals surface area contributed by atoms with E-state index in [0.717, 1.165) is 12.8 Å². The van der Waals surface area contributed by atoms with Gasteiger partial charge in [-0.15, -0.1) is 0 Å². The van der Waals surface area contributed by atoms with Gasteiger partial charge in [0.25, 0.3) is 0 Å². The van der Waals surface area contributed by atoms with Crippen LogP contribution in [-0.4, -0.2) is 29.1 Å². The molecule has 64 valence electrons. The summed E-state index contributed by atoms with van der Waals surface area (Å²) in [6.07, 6.45) is 1.02. The van der Waals surface area contributed by atoms with Gasteiger partial charge in [-0.1, -0.05) is 15.9 Å². The number of carbonyl (C=O) groups is 1. The minimum atomic E-state index is -0.881. The van der Waals surface area contributed by atoms with E-state index in [2.05, 4.69) is 15.9 Å². The average molecular weight is 223 g/mol. The number of rotatable bonds is 4. The number of ether oxygens (including phenoxy) is 1. The van der Waals surface area contributed by atoms with Gasteiger partial charge >= 0.3 is 5.97 Å². The molecule has 0 radical (unpaired) electrons. The molecule has 0 saturated heterocycles. The lowest BCUT2D eigenvalue weighted by Gasteiger charge is -2.07. The van der Waals surface area contributed by atoms with E-state index in [-0.39, 0.29) is 5.92 Å². The second kappa shape index (κ2) is 4.07. The maximum atomic E-state index is 10.9. The largest absolute Gasteiger partial charge is 0.463 e. The molecule has 0 aromatic heterocycles. The number of esters is 1. The van der Waals surface area contributed by atoms with E-state index in [1.54, 1.807) is 0 Å². The molecule has 0 aromatic rings. The van der Waals surface area contributed by atoms with Crippen LogP contribution in [0.1, 0.15) is 12.8 Å². The summed E-state index contributed by atoms with van der Waals surface area (Å²) in [5.74, 6) is -0.315. The molecular weight excluding hydrogens is 212 g/mol. The van der Waals surface area contributed by atoms with Crippen LogP contribution in [0.15, 0.2) is 0 Å². The SMILES string of the molecule is O=C(OCCBr)C(O)C1CC1. The lowest BCUT2D eigenvalue weighted by molar-refractivity contribution is -0.153. The topological polar surface area (TPSA) is 46.5 Å². The second-order valence-electron chi connectivity index (χ2n) is 2.64. The Morgan fingerprint density at radius 3 is 2.82 bits per heavy atom. The number of aliphatic hydroxyl groups excluding tert-OH is 1. The Labute approximate surface area is 73.9 Å². The summed E-state index contributed by atoms with van der Waals surface area (Å²) in [5.41, 5.74) is 0. The van der Waals surface area contributed by atoms with Gasteiger partial charge in [-0.05, 0) is 18.8 Å². The molecule has 0 aliphatic heterocycles. The molecule has 1 unspecified atom stereocenters. The monoisotopic (exact) mass is 222 g/mol. The molecule has 0 spiro atoms. The highest BCUT2D eigenvalue weighted by Gasteiger charge is 2.35. The highest BCUT2D eigenvalue weighted by Crippen LogP contribution is 2.32. The minimum Gasteiger partial charge on any atom is -0.463 e. The van der Waals surface area contributed by atoms with Gasteiger partial charge < -0.3 is 9.84 Å². The molecule has 3 nitrogen and oxygen atoms in total. The molecule has 0 amide bonds. The highest BCUT2D eigenvalue weighted by molar-refractivity contribution is 9.09. The van der Waals surface area contributed by atoms with Gasteiger partial charge in [0, 0.05) is 5.33 Å². The van der Waals surface area contributed by atoms with E-state index in [4.69, 9.17) is 4.74 Å². The first-order valence-electron chi connectivity index (χ1n) is 3.66. The number of hydrogen-bond acceptors (Lipinski definition) is 3. The Morgan fingerprint density at radius 1 is 1.73 bits per heavy atom. The van der Waals surface area contributed by atoms with Crippen molar-refractivity contribution in [1.82, 2.24) is 0 Å². The molecule has 0 aromatic carbocycles. The molecule has 1 aliphatic carbocycles. The third-order valence-corrected chi connectivity index (χ3v) is 1.96. The van der Waals surface area contributed by atoms with Gasteiger partial charge in [0.1, 0.15) is 6.61 Å². The molecule has 0 bridgehead atoms. The normalized spacial score (nSPS) is 19.5. The van der Waals surface area contributed by atoms with Crippen molar-refractivity contribution < 1.29 is 14.6 Å². The fraction of sp³-hybridized carbons (Fsp3) is 0.857. The first kappa shape index (κ1) is 9.00. The average Bonchev–Trinajstić information content (AvgIpc) is 2.81. The van der Waals surface area contributed by atoms with Crippen LogP contribution < -0.4 is 0 Å². The predicted molar refractivity (Wildman–Crippen MR) is 43.5 cm³/mol. The highest BCUT2D eigenvalue weighted by atomic mass is 79.9. The van der Waals surface area contributed by atoms with Crippen LogP contribution in [0.5, 0.6) is 0 Å². The molecule has 1 saturated carbocycles. The van der Waals surface area contributed by atoms with E-state index >= 15 is 0 Å². The Bertz CT molecular complexity index is 145. The molecule has 4 heteroatoms. The van der Waals surface area contributed by atoms with E-state index in [1.807, 2.05) is 0 Å². The molecule has 1 fully saturated rings. The predicted octanol–water partition coefficient (Wildman–Crippen LogP) is 0.695. The summed E-state index contributed by atoms with van der Waals surface area (Å²) in [7, 11) is 0. The summed E-state index contributed by atoms with van der Waals surface area (Å²) < 4.78 is 4.72. The van der Waals surface area contributed by atoms with Crippen LogP contribution in [-0.2, 0) is 9.53 Å². The Balaban J connectivity index is 2.16. The van der Waals surface area contributed by atoms with E-state index in [9.17, 15) is 9.90 Å². The number of alkyl halides is 1. The maximum absolute atomic E-state index is 10.9. The third kappa shape index (κ3) is 2.79. The molecule has 1 rings (SSSR count). The third-order valence-electron chi connectivity index (χ3n) is 1.63. The molecule has 11 heavy (non-hydrogen) atoms. The Morgan fingerprint density at radius 2 is 2.36 bits per heavy atom. The molecule has 1 atom stereocenters. The quantitative estimate of drug-likeness (QED) is 0.563. The lowest BCUT2D eigenvalue weighted by atomic mass is 10.2. The fourth-order valence-corrected chi connectivity index (χ4v) is 0.991. The van der Waals surface area contributed by atoms with Crippen LogP contribution in [0.25, 0.3) is 0 Å². The van der Waals surface area contributed by atoms with Crippen molar-refractivity contribution in [3.05, 3.63) is 0 Å². The standard InChI is InChI=1S/C7H11BrO3/c8-3-4-11-7(10)6(9)5-1-2-5/h5-6,9H,1-4H2. The Hall–Kier alpha value is -0.0900. The number of halogens is 1. The van der Waals surface area contributed by atoms with Gasteiger partial charge in [0.15, 0.2) is 6.10 Å². The van der Waals surface area contributed by atoms with Gasteiger partial charge in [-0.3, -0.25) is 0 Å². The zero-order valence-electron chi connectivity index (χ0n) is 6.12. The van der Waals surface area contributed by atoms with Crippen molar-refractivity contribution in [2.45, 2.75) is 18.9 Å². The van der Waals surface area contributed by atoms with Crippen molar-refractivity contribution in [2.24, 2.45) is 5.92 Å². The fourth-order valence-electron chi connectivity index (χ4n) is 0.829.